The lowest BCUT2D eigenvalue weighted by Crippen LogP contribution is -2.12. The third-order valence-corrected chi connectivity index (χ3v) is 6.69. The lowest BCUT2D eigenvalue weighted by Gasteiger charge is -2.07. The summed E-state index contributed by atoms with van der Waals surface area (Å²) in [6.45, 7) is 0. The second kappa shape index (κ2) is 6.46. The third kappa shape index (κ3) is 2.77. The van der Waals surface area contributed by atoms with Crippen LogP contribution in [0, 0.1) is 0 Å². The number of hydrogen-bond acceptors (Lipinski definition) is 3. The molecule has 0 aliphatic rings. The standard InChI is InChI=1S/C23H16N2O3S/c26-23(21-14-16-8-4-6-12-20(16)24-21)19-15-25(22-13-7-5-11-18(19)22)29(27,28)17-9-2-1-3-10-17/h1-15,24H. The SMILES string of the molecule is O=C(c1cc2ccccc2[nH]1)c1cn(S(=O)(=O)c2ccccc2)c2ccccc12. The van der Waals surface area contributed by atoms with Crippen molar-refractivity contribution in [1.82, 2.24) is 8.96 Å². The summed E-state index contributed by atoms with van der Waals surface area (Å²) in [4.78, 5) is 16.6. The Hall–Kier alpha value is -3.64. The van der Waals surface area contributed by atoms with Gasteiger partial charge in [0.15, 0.2) is 0 Å². The van der Waals surface area contributed by atoms with Crippen molar-refractivity contribution in [3.63, 3.8) is 0 Å². The Labute approximate surface area is 167 Å². The number of ketones is 1. The predicted molar refractivity (Wildman–Crippen MR) is 113 cm³/mol. The lowest BCUT2D eigenvalue weighted by atomic mass is 10.1. The molecule has 0 radical (unpaired) electrons. The number of para-hydroxylation sites is 2. The molecule has 0 bridgehead atoms. The van der Waals surface area contributed by atoms with Gasteiger partial charge < -0.3 is 4.98 Å². The van der Waals surface area contributed by atoms with Gasteiger partial charge in [-0.05, 0) is 30.3 Å². The van der Waals surface area contributed by atoms with Gasteiger partial charge in [-0.3, -0.25) is 4.79 Å². The highest BCUT2D eigenvalue weighted by molar-refractivity contribution is 7.90. The largest absolute Gasteiger partial charge is 0.352 e. The Balaban J connectivity index is 1.71. The van der Waals surface area contributed by atoms with Crippen LogP contribution in [-0.2, 0) is 10.0 Å². The van der Waals surface area contributed by atoms with Crippen molar-refractivity contribution < 1.29 is 13.2 Å². The molecule has 0 saturated heterocycles. The van der Waals surface area contributed by atoms with E-state index in [1.807, 2.05) is 24.3 Å². The van der Waals surface area contributed by atoms with E-state index in [0.29, 0.717) is 22.2 Å². The van der Waals surface area contributed by atoms with Gasteiger partial charge in [0.05, 0.1) is 21.7 Å². The minimum Gasteiger partial charge on any atom is -0.352 e. The highest BCUT2D eigenvalue weighted by Gasteiger charge is 2.24. The third-order valence-electron chi connectivity index (χ3n) is 5.00. The quantitative estimate of drug-likeness (QED) is 0.449. The first kappa shape index (κ1) is 17.5. The maximum absolute atomic E-state index is 13.3. The molecule has 0 fully saturated rings. The molecule has 5 aromatic rings. The number of aromatic nitrogens is 2. The van der Waals surface area contributed by atoms with Crippen molar-refractivity contribution in [2.45, 2.75) is 4.90 Å². The number of fused-ring (bicyclic) bond motifs is 2. The van der Waals surface area contributed by atoms with E-state index in [1.165, 1.54) is 10.2 Å². The van der Waals surface area contributed by atoms with E-state index < -0.39 is 10.0 Å². The maximum atomic E-state index is 13.3. The van der Waals surface area contributed by atoms with Crippen molar-refractivity contribution in [3.05, 3.63) is 102 Å². The number of hydrogen-bond donors (Lipinski definition) is 1. The van der Waals surface area contributed by atoms with Crippen LogP contribution in [0.5, 0.6) is 0 Å². The summed E-state index contributed by atoms with van der Waals surface area (Å²) in [7, 11) is -3.83. The first-order chi connectivity index (χ1) is 14.1. The zero-order valence-electron chi connectivity index (χ0n) is 15.2. The van der Waals surface area contributed by atoms with E-state index in [4.69, 9.17) is 0 Å². The Morgan fingerprint density at radius 1 is 0.828 bits per heavy atom. The molecule has 2 heterocycles. The van der Waals surface area contributed by atoms with Crippen LogP contribution >= 0.6 is 0 Å². The molecule has 142 valence electrons. The monoisotopic (exact) mass is 400 g/mol. The van der Waals surface area contributed by atoms with Crippen LogP contribution in [0.4, 0.5) is 0 Å². The molecule has 0 aliphatic heterocycles. The van der Waals surface area contributed by atoms with Crippen molar-refractivity contribution in [3.8, 4) is 0 Å². The topological polar surface area (TPSA) is 71.9 Å². The average molecular weight is 400 g/mol. The van der Waals surface area contributed by atoms with E-state index >= 15 is 0 Å². The first-order valence-corrected chi connectivity index (χ1v) is 10.5. The van der Waals surface area contributed by atoms with Crippen LogP contribution in [0.2, 0.25) is 0 Å². The zero-order chi connectivity index (χ0) is 20.0. The van der Waals surface area contributed by atoms with Gasteiger partial charge >= 0.3 is 0 Å². The van der Waals surface area contributed by atoms with Crippen LogP contribution in [-0.4, -0.2) is 23.2 Å². The minimum atomic E-state index is -3.83. The fourth-order valence-corrected chi connectivity index (χ4v) is 4.97. The second-order valence-electron chi connectivity index (χ2n) is 6.77. The van der Waals surface area contributed by atoms with Crippen LogP contribution in [0.1, 0.15) is 16.1 Å². The van der Waals surface area contributed by atoms with Gasteiger partial charge in [-0.25, -0.2) is 12.4 Å². The van der Waals surface area contributed by atoms with E-state index in [-0.39, 0.29) is 10.7 Å². The molecule has 0 spiro atoms. The molecule has 6 heteroatoms. The summed E-state index contributed by atoms with van der Waals surface area (Å²) in [5, 5.41) is 1.52. The number of carbonyl (C=O) groups is 1. The molecule has 1 N–H and O–H groups in total. The van der Waals surface area contributed by atoms with Crippen LogP contribution in [0.3, 0.4) is 0 Å². The zero-order valence-corrected chi connectivity index (χ0v) is 16.1. The molecular formula is C23H16N2O3S. The predicted octanol–water partition coefficient (Wildman–Crippen LogP) is 4.59. The highest BCUT2D eigenvalue weighted by atomic mass is 32.2. The Morgan fingerprint density at radius 3 is 2.31 bits per heavy atom. The molecule has 0 amide bonds. The van der Waals surface area contributed by atoms with Gasteiger partial charge in [0, 0.05) is 22.5 Å². The first-order valence-electron chi connectivity index (χ1n) is 9.09. The fraction of sp³-hybridized carbons (Fsp3) is 0. The highest BCUT2D eigenvalue weighted by Crippen LogP contribution is 2.28. The van der Waals surface area contributed by atoms with Crippen molar-refractivity contribution in [2.75, 3.05) is 0 Å². The van der Waals surface area contributed by atoms with Crippen LogP contribution in [0.25, 0.3) is 21.8 Å². The molecule has 3 aromatic carbocycles. The molecule has 0 unspecified atom stereocenters. The summed E-state index contributed by atoms with van der Waals surface area (Å²) in [5.74, 6) is -0.251. The number of benzene rings is 3. The normalized spacial score (nSPS) is 11.9. The van der Waals surface area contributed by atoms with E-state index in [2.05, 4.69) is 4.98 Å². The summed E-state index contributed by atoms with van der Waals surface area (Å²) in [6, 6.07) is 24.6. The van der Waals surface area contributed by atoms with Crippen molar-refractivity contribution >= 4 is 37.6 Å². The van der Waals surface area contributed by atoms with E-state index in [9.17, 15) is 13.2 Å². The number of carbonyl (C=O) groups excluding carboxylic acids is 1. The average Bonchev–Trinajstić information content (AvgIpc) is 3.36. The fourth-order valence-electron chi connectivity index (χ4n) is 3.58. The number of aromatic amines is 1. The Morgan fingerprint density at radius 2 is 1.52 bits per heavy atom. The van der Waals surface area contributed by atoms with Gasteiger partial charge in [0.25, 0.3) is 10.0 Å². The van der Waals surface area contributed by atoms with Gasteiger partial charge in [-0.1, -0.05) is 54.6 Å². The summed E-state index contributed by atoms with van der Waals surface area (Å²) in [5.41, 5.74) is 2.09. The van der Waals surface area contributed by atoms with Crippen LogP contribution < -0.4 is 0 Å². The molecule has 5 nitrogen and oxygen atoms in total. The molecular weight excluding hydrogens is 384 g/mol. The van der Waals surface area contributed by atoms with Gasteiger partial charge in [-0.15, -0.1) is 0 Å². The molecule has 0 atom stereocenters. The molecule has 29 heavy (non-hydrogen) atoms. The van der Waals surface area contributed by atoms with Crippen LogP contribution in [0.15, 0.2) is 96.0 Å². The number of nitrogens with zero attached hydrogens (tertiary/aromatic N) is 1. The minimum absolute atomic E-state index is 0.172. The number of H-pyrrole nitrogens is 1. The van der Waals surface area contributed by atoms with Gasteiger partial charge in [0.2, 0.25) is 5.78 Å². The molecule has 0 saturated carbocycles. The Kier molecular flexibility index (Phi) is 3.89. The lowest BCUT2D eigenvalue weighted by molar-refractivity contribution is 0.103. The maximum Gasteiger partial charge on any atom is 0.268 e. The number of rotatable bonds is 4. The molecule has 0 aliphatic carbocycles. The summed E-state index contributed by atoms with van der Waals surface area (Å²) >= 11 is 0. The van der Waals surface area contributed by atoms with Gasteiger partial charge in [0.1, 0.15) is 0 Å². The molecule has 2 aromatic heterocycles. The van der Waals surface area contributed by atoms with E-state index in [0.717, 1.165) is 10.9 Å². The second-order valence-corrected chi connectivity index (χ2v) is 8.59. The smallest absolute Gasteiger partial charge is 0.268 e. The summed E-state index contributed by atoms with van der Waals surface area (Å²) in [6.07, 6.45) is 1.42. The Bertz CT molecular complexity index is 1450. The summed E-state index contributed by atoms with van der Waals surface area (Å²) < 4.78 is 27.6. The van der Waals surface area contributed by atoms with E-state index in [1.54, 1.807) is 60.7 Å². The van der Waals surface area contributed by atoms with Gasteiger partial charge in [-0.2, -0.15) is 0 Å². The molecule has 5 rings (SSSR count). The van der Waals surface area contributed by atoms with Crippen molar-refractivity contribution in [1.29, 1.82) is 0 Å². The number of nitrogens with one attached hydrogen (secondary N) is 1. The van der Waals surface area contributed by atoms with Crippen molar-refractivity contribution in [2.24, 2.45) is 0 Å².